The zero-order valence-electron chi connectivity index (χ0n) is 8.26. The minimum Gasteiger partial charge on any atom is -0.309 e. The SMILES string of the molecule is CN(C)CCc1cccc(CCl)c1. The van der Waals surface area contributed by atoms with Crippen LogP contribution in [0.25, 0.3) is 0 Å². The number of alkyl halides is 1. The smallest absolute Gasteiger partial charge is 0.0474 e. The van der Waals surface area contributed by atoms with E-state index in [-0.39, 0.29) is 0 Å². The molecule has 72 valence electrons. The molecule has 0 bridgehead atoms. The minimum atomic E-state index is 0.607. The van der Waals surface area contributed by atoms with E-state index >= 15 is 0 Å². The van der Waals surface area contributed by atoms with E-state index in [0.29, 0.717) is 5.88 Å². The van der Waals surface area contributed by atoms with Crippen molar-refractivity contribution in [3.63, 3.8) is 0 Å². The first-order chi connectivity index (χ1) is 6.22. The van der Waals surface area contributed by atoms with E-state index < -0.39 is 0 Å². The molecule has 0 atom stereocenters. The molecule has 2 heteroatoms. The van der Waals surface area contributed by atoms with Gasteiger partial charge in [0.05, 0.1) is 0 Å². The number of nitrogens with zero attached hydrogens (tertiary/aromatic N) is 1. The van der Waals surface area contributed by atoms with Crippen molar-refractivity contribution >= 4 is 11.6 Å². The number of rotatable bonds is 4. The van der Waals surface area contributed by atoms with E-state index in [9.17, 15) is 0 Å². The molecular formula is C11H16ClN. The van der Waals surface area contributed by atoms with Crippen LogP contribution in [0.15, 0.2) is 24.3 Å². The maximum Gasteiger partial charge on any atom is 0.0474 e. The molecule has 0 fully saturated rings. The Bertz CT molecular complexity index is 258. The first kappa shape index (κ1) is 10.6. The summed E-state index contributed by atoms with van der Waals surface area (Å²) in [5.41, 5.74) is 2.57. The van der Waals surface area contributed by atoms with Gasteiger partial charge in [0, 0.05) is 12.4 Å². The van der Waals surface area contributed by atoms with Crippen LogP contribution in [0.4, 0.5) is 0 Å². The summed E-state index contributed by atoms with van der Waals surface area (Å²) in [5.74, 6) is 0.607. The largest absolute Gasteiger partial charge is 0.309 e. The Kier molecular flexibility index (Phi) is 4.26. The Morgan fingerprint density at radius 2 is 1.92 bits per heavy atom. The van der Waals surface area contributed by atoms with Crippen LogP contribution in [-0.4, -0.2) is 25.5 Å². The molecule has 0 aliphatic rings. The number of halogens is 1. The third-order valence-electron chi connectivity index (χ3n) is 1.99. The minimum absolute atomic E-state index is 0.607. The lowest BCUT2D eigenvalue weighted by atomic mass is 10.1. The van der Waals surface area contributed by atoms with Crippen molar-refractivity contribution in [3.05, 3.63) is 35.4 Å². The van der Waals surface area contributed by atoms with Crippen LogP contribution in [0, 0.1) is 0 Å². The molecule has 0 amide bonds. The van der Waals surface area contributed by atoms with Crippen LogP contribution in [0.1, 0.15) is 11.1 Å². The highest BCUT2D eigenvalue weighted by atomic mass is 35.5. The van der Waals surface area contributed by atoms with Crippen LogP contribution in [0.2, 0.25) is 0 Å². The van der Waals surface area contributed by atoms with E-state index in [1.807, 2.05) is 0 Å². The van der Waals surface area contributed by atoms with E-state index in [1.165, 1.54) is 11.1 Å². The van der Waals surface area contributed by atoms with Crippen molar-refractivity contribution in [1.82, 2.24) is 4.90 Å². The van der Waals surface area contributed by atoms with E-state index in [4.69, 9.17) is 11.6 Å². The molecule has 0 N–H and O–H groups in total. The molecule has 0 saturated heterocycles. The van der Waals surface area contributed by atoms with Gasteiger partial charge < -0.3 is 4.90 Å². The van der Waals surface area contributed by atoms with Crippen molar-refractivity contribution in [1.29, 1.82) is 0 Å². The van der Waals surface area contributed by atoms with Crippen molar-refractivity contribution in [2.24, 2.45) is 0 Å². The third kappa shape index (κ3) is 3.79. The quantitative estimate of drug-likeness (QED) is 0.671. The Balaban J connectivity index is 2.56. The lowest BCUT2D eigenvalue weighted by Crippen LogP contribution is -2.15. The second-order valence-corrected chi connectivity index (χ2v) is 3.77. The predicted molar refractivity (Wildman–Crippen MR) is 58.3 cm³/mol. The van der Waals surface area contributed by atoms with Gasteiger partial charge in [-0.2, -0.15) is 0 Å². The molecule has 0 aliphatic carbocycles. The van der Waals surface area contributed by atoms with Gasteiger partial charge in [-0.25, -0.2) is 0 Å². The van der Waals surface area contributed by atoms with Crippen LogP contribution >= 0.6 is 11.6 Å². The summed E-state index contributed by atoms with van der Waals surface area (Å²) in [4.78, 5) is 2.19. The van der Waals surface area contributed by atoms with E-state index in [0.717, 1.165) is 13.0 Å². The topological polar surface area (TPSA) is 3.24 Å². The summed E-state index contributed by atoms with van der Waals surface area (Å²) in [6, 6.07) is 8.46. The fourth-order valence-electron chi connectivity index (χ4n) is 1.22. The highest BCUT2D eigenvalue weighted by Crippen LogP contribution is 2.08. The summed E-state index contributed by atoms with van der Waals surface area (Å²) in [5, 5.41) is 0. The van der Waals surface area contributed by atoms with Crippen molar-refractivity contribution in [3.8, 4) is 0 Å². The van der Waals surface area contributed by atoms with Gasteiger partial charge >= 0.3 is 0 Å². The lowest BCUT2D eigenvalue weighted by Gasteiger charge is -2.09. The average molecular weight is 198 g/mol. The molecule has 0 unspecified atom stereocenters. The van der Waals surface area contributed by atoms with Crippen molar-refractivity contribution in [2.45, 2.75) is 12.3 Å². The molecule has 0 saturated carbocycles. The van der Waals surface area contributed by atoms with Gasteiger partial charge in [-0.1, -0.05) is 24.3 Å². The summed E-state index contributed by atoms with van der Waals surface area (Å²) >= 11 is 5.75. The number of likely N-dealkylation sites (N-methyl/N-ethyl adjacent to an activating group) is 1. The molecule has 1 nitrogen and oxygen atoms in total. The van der Waals surface area contributed by atoms with Gasteiger partial charge in [0.1, 0.15) is 0 Å². The molecular weight excluding hydrogens is 182 g/mol. The highest BCUT2D eigenvalue weighted by Gasteiger charge is 1.96. The molecule has 0 aromatic heterocycles. The van der Waals surface area contributed by atoms with Gasteiger partial charge in [0.2, 0.25) is 0 Å². The molecule has 0 heterocycles. The van der Waals surface area contributed by atoms with Gasteiger partial charge in [-0.15, -0.1) is 11.6 Å². The summed E-state index contributed by atoms with van der Waals surface area (Å²) < 4.78 is 0. The molecule has 13 heavy (non-hydrogen) atoms. The fraction of sp³-hybridized carbons (Fsp3) is 0.455. The highest BCUT2D eigenvalue weighted by molar-refractivity contribution is 6.17. The van der Waals surface area contributed by atoms with Crippen LogP contribution in [0.5, 0.6) is 0 Å². The Hall–Kier alpha value is -0.530. The average Bonchev–Trinajstić information content (AvgIpc) is 2.15. The predicted octanol–water partition coefficient (Wildman–Crippen LogP) is 2.53. The van der Waals surface area contributed by atoms with Crippen LogP contribution in [0.3, 0.4) is 0 Å². The van der Waals surface area contributed by atoms with Crippen LogP contribution < -0.4 is 0 Å². The Morgan fingerprint density at radius 1 is 1.23 bits per heavy atom. The maximum atomic E-state index is 5.75. The molecule has 1 rings (SSSR count). The summed E-state index contributed by atoms with van der Waals surface area (Å²) in [7, 11) is 4.18. The fourth-order valence-corrected chi connectivity index (χ4v) is 1.39. The van der Waals surface area contributed by atoms with Crippen LogP contribution in [-0.2, 0) is 12.3 Å². The molecule has 0 radical (unpaired) electrons. The second-order valence-electron chi connectivity index (χ2n) is 3.51. The Morgan fingerprint density at radius 3 is 2.54 bits per heavy atom. The van der Waals surface area contributed by atoms with Crippen molar-refractivity contribution < 1.29 is 0 Å². The third-order valence-corrected chi connectivity index (χ3v) is 2.30. The van der Waals surface area contributed by atoms with E-state index in [2.05, 4.69) is 43.3 Å². The molecule has 1 aromatic carbocycles. The van der Waals surface area contributed by atoms with Gasteiger partial charge in [-0.3, -0.25) is 0 Å². The van der Waals surface area contributed by atoms with Gasteiger partial charge in [0.15, 0.2) is 0 Å². The zero-order chi connectivity index (χ0) is 9.68. The normalized spacial score (nSPS) is 10.8. The summed E-state index contributed by atoms with van der Waals surface area (Å²) in [6.45, 7) is 1.09. The second kappa shape index (κ2) is 5.25. The number of hydrogen-bond donors (Lipinski definition) is 0. The van der Waals surface area contributed by atoms with Gasteiger partial charge in [-0.05, 0) is 31.6 Å². The molecule has 0 aliphatic heterocycles. The number of benzene rings is 1. The monoisotopic (exact) mass is 197 g/mol. The zero-order valence-corrected chi connectivity index (χ0v) is 9.01. The number of hydrogen-bond acceptors (Lipinski definition) is 1. The first-order valence-corrected chi connectivity index (χ1v) is 5.04. The standard InChI is InChI=1S/C11H16ClN/c1-13(2)7-6-10-4-3-5-11(8-10)9-12/h3-5,8H,6-7,9H2,1-2H3. The van der Waals surface area contributed by atoms with E-state index in [1.54, 1.807) is 0 Å². The molecule has 0 spiro atoms. The molecule has 1 aromatic rings. The first-order valence-electron chi connectivity index (χ1n) is 4.51. The van der Waals surface area contributed by atoms with Gasteiger partial charge in [0.25, 0.3) is 0 Å². The summed E-state index contributed by atoms with van der Waals surface area (Å²) in [6.07, 6.45) is 1.09. The maximum absolute atomic E-state index is 5.75. The Labute approximate surface area is 85.3 Å². The lowest BCUT2D eigenvalue weighted by molar-refractivity contribution is 0.413. The van der Waals surface area contributed by atoms with Crippen molar-refractivity contribution in [2.75, 3.05) is 20.6 Å².